The van der Waals surface area contributed by atoms with E-state index in [-0.39, 0.29) is 30.5 Å². The summed E-state index contributed by atoms with van der Waals surface area (Å²) in [4.78, 5) is 35.3. The topological polar surface area (TPSA) is 89.9 Å². The second-order valence-electron chi connectivity index (χ2n) is 8.33. The zero-order valence-electron chi connectivity index (χ0n) is 15.3. The van der Waals surface area contributed by atoms with Crippen LogP contribution in [0.25, 0.3) is 0 Å². The first-order chi connectivity index (χ1) is 10.2. The first-order valence-electron chi connectivity index (χ1n) is 7.78. The average Bonchev–Trinajstić information content (AvgIpc) is 2.37. The first-order valence-corrected chi connectivity index (χ1v) is 7.78. The third-order valence-electron chi connectivity index (χ3n) is 3.00. The number of carbonyl (C=O) groups is 3. The second kappa shape index (κ2) is 8.31. The molecule has 2 atom stereocenters. The normalized spacial score (nSPS) is 14.7. The molecule has 0 aromatic carbocycles. The van der Waals surface area contributed by atoms with Crippen molar-refractivity contribution >= 4 is 17.9 Å². The fourth-order valence-corrected chi connectivity index (χ4v) is 1.57. The van der Waals surface area contributed by atoms with Gasteiger partial charge in [-0.3, -0.25) is 14.4 Å². The molecular formula is C17H30O6. The molecule has 0 rings (SSSR count). The number of ether oxygens (including phenoxy) is 2. The molecule has 0 aliphatic carbocycles. The maximum atomic E-state index is 12.2. The molecule has 0 amide bonds. The van der Waals surface area contributed by atoms with Crippen LogP contribution in [0.15, 0.2) is 0 Å². The van der Waals surface area contributed by atoms with Crippen molar-refractivity contribution in [3.8, 4) is 0 Å². The third-order valence-corrected chi connectivity index (χ3v) is 3.00. The van der Waals surface area contributed by atoms with Gasteiger partial charge in [-0.2, -0.15) is 0 Å². The molecule has 0 aliphatic heterocycles. The van der Waals surface area contributed by atoms with E-state index >= 15 is 0 Å². The van der Waals surface area contributed by atoms with Crippen LogP contribution < -0.4 is 0 Å². The van der Waals surface area contributed by atoms with Crippen LogP contribution in [0.1, 0.15) is 54.9 Å². The second-order valence-corrected chi connectivity index (χ2v) is 8.33. The molecule has 23 heavy (non-hydrogen) atoms. The fourth-order valence-electron chi connectivity index (χ4n) is 1.57. The van der Waals surface area contributed by atoms with Crippen LogP contribution in [0.2, 0.25) is 0 Å². The van der Waals surface area contributed by atoms with E-state index in [1.807, 2.05) is 41.5 Å². The molecule has 2 unspecified atom stereocenters. The van der Waals surface area contributed by atoms with E-state index in [0.717, 1.165) is 0 Å². The van der Waals surface area contributed by atoms with E-state index in [2.05, 4.69) is 0 Å². The monoisotopic (exact) mass is 330 g/mol. The van der Waals surface area contributed by atoms with E-state index < -0.39 is 29.7 Å². The van der Waals surface area contributed by atoms with Crippen molar-refractivity contribution in [3.05, 3.63) is 0 Å². The van der Waals surface area contributed by atoms with Gasteiger partial charge < -0.3 is 14.6 Å². The highest BCUT2D eigenvalue weighted by molar-refractivity contribution is 5.85. The standard InChI is InChI=1S/C17H30O6/c1-11(14(19)20)12(15(21)23-10-17(5,6)7)8-13(18)22-9-16(2,3)4/h11-12H,8-10H2,1-7H3,(H,19,20). The van der Waals surface area contributed by atoms with E-state index in [0.29, 0.717) is 0 Å². The highest BCUT2D eigenvalue weighted by Crippen LogP contribution is 2.22. The number of hydrogen-bond acceptors (Lipinski definition) is 5. The van der Waals surface area contributed by atoms with Gasteiger partial charge in [0.15, 0.2) is 0 Å². The van der Waals surface area contributed by atoms with Crippen LogP contribution in [-0.2, 0) is 23.9 Å². The lowest BCUT2D eigenvalue weighted by Crippen LogP contribution is -2.34. The Morgan fingerprint density at radius 1 is 0.913 bits per heavy atom. The van der Waals surface area contributed by atoms with E-state index in [1.54, 1.807) is 0 Å². The molecule has 0 spiro atoms. The van der Waals surface area contributed by atoms with Crippen LogP contribution in [0.5, 0.6) is 0 Å². The van der Waals surface area contributed by atoms with E-state index in [1.165, 1.54) is 6.92 Å². The Balaban J connectivity index is 4.85. The first kappa shape index (κ1) is 21.4. The summed E-state index contributed by atoms with van der Waals surface area (Å²) in [5.74, 6) is -4.49. The van der Waals surface area contributed by atoms with Crippen molar-refractivity contribution < 1.29 is 29.0 Å². The van der Waals surface area contributed by atoms with Crippen LogP contribution in [0.4, 0.5) is 0 Å². The van der Waals surface area contributed by atoms with Gasteiger partial charge in [-0.1, -0.05) is 48.5 Å². The Morgan fingerprint density at radius 2 is 1.35 bits per heavy atom. The molecule has 0 saturated carbocycles. The largest absolute Gasteiger partial charge is 0.481 e. The summed E-state index contributed by atoms with van der Waals surface area (Å²) >= 11 is 0. The lowest BCUT2D eigenvalue weighted by molar-refractivity contribution is -0.163. The van der Waals surface area contributed by atoms with Gasteiger partial charge in [0, 0.05) is 0 Å². The summed E-state index contributed by atoms with van der Waals surface area (Å²) in [5.41, 5.74) is -0.435. The van der Waals surface area contributed by atoms with Gasteiger partial charge in [-0.15, -0.1) is 0 Å². The molecule has 0 bridgehead atoms. The zero-order chi connectivity index (χ0) is 18.4. The number of esters is 2. The maximum Gasteiger partial charge on any atom is 0.310 e. The lowest BCUT2D eigenvalue weighted by Gasteiger charge is -2.23. The average molecular weight is 330 g/mol. The quantitative estimate of drug-likeness (QED) is 0.722. The predicted octanol–water partition coefficient (Wildman–Crippen LogP) is 2.89. The molecule has 134 valence electrons. The highest BCUT2D eigenvalue weighted by atomic mass is 16.5. The molecule has 0 aromatic rings. The third kappa shape index (κ3) is 9.92. The van der Waals surface area contributed by atoms with Crippen molar-refractivity contribution in [2.24, 2.45) is 22.7 Å². The highest BCUT2D eigenvalue weighted by Gasteiger charge is 2.34. The van der Waals surface area contributed by atoms with Crippen LogP contribution in [0, 0.1) is 22.7 Å². The Labute approximate surface area is 138 Å². The molecule has 1 N–H and O–H groups in total. The van der Waals surface area contributed by atoms with Crippen molar-refractivity contribution in [2.45, 2.75) is 54.9 Å². The number of aliphatic carboxylic acids is 1. The number of rotatable bonds is 7. The summed E-state index contributed by atoms with van der Waals surface area (Å²) in [6, 6.07) is 0. The van der Waals surface area contributed by atoms with Gasteiger partial charge >= 0.3 is 17.9 Å². The Kier molecular flexibility index (Phi) is 7.74. The minimum absolute atomic E-state index is 0.158. The fraction of sp³-hybridized carbons (Fsp3) is 0.824. The molecule has 0 fully saturated rings. The molecule has 0 heterocycles. The van der Waals surface area contributed by atoms with Crippen LogP contribution in [0.3, 0.4) is 0 Å². The molecule has 6 nitrogen and oxygen atoms in total. The zero-order valence-corrected chi connectivity index (χ0v) is 15.3. The molecule has 6 heteroatoms. The molecule has 0 aliphatic rings. The lowest BCUT2D eigenvalue weighted by atomic mass is 9.90. The molecule has 0 saturated heterocycles. The van der Waals surface area contributed by atoms with Gasteiger partial charge in [0.05, 0.1) is 31.5 Å². The number of carboxylic acid groups (broad SMARTS) is 1. The van der Waals surface area contributed by atoms with Crippen LogP contribution in [-0.4, -0.2) is 36.2 Å². The van der Waals surface area contributed by atoms with Crippen molar-refractivity contribution in [1.82, 2.24) is 0 Å². The van der Waals surface area contributed by atoms with Gasteiger partial charge in [-0.05, 0) is 10.8 Å². The summed E-state index contributed by atoms with van der Waals surface area (Å²) in [6.45, 7) is 13.2. The maximum absolute atomic E-state index is 12.2. The van der Waals surface area contributed by atoms with E-state index in [4.69, 9.17) is 14.6 Å². The summed E-state index contributed by atoms with van der Waals surface area (Å²) in [6.07, 6.45) is -0.299. The molecule has 0 radical (unpaired) electrons. The van der Waals surface area contributed by atoms with Gasteiger partial charge in [0.25, 0.3) is 0 Å². The molecule has 0 aromatic heterocycles. The summed E-state index contributed by atoms with van der Waals surface area (Å²) in [5, 5.41) is 9.14. The van der Waals surface area contributed by atoms with Crippen molar-refractivity contribution in [3.63, 3.8) is 0 Å². The molecular weight excluding hydrogens is 300 g/mol. The smallest absolute Gasteiger partial charge is 0.310 e. The van der Waals surface area contributed by atoms with Gasteiger partial charge in [0.1, 0.15) is 0 Å². The minimum atomic E-state index is -1.15. The summed E-state index contributed by atoms with van der Waals surface area (Å²) in [7, 11) is 0. The SMILES string of the molecule is CC(C(=O)O)C(CC(=O)OCC(C)(C)C)C(=O)OCC(C)(C)C. The number of hydrogen-bond donors (Lipinski definition) is 1. The predicted molar refractivity (Wildman–Crippen MR) is 85.7 cm³/mol. The van der Waals surface area contributed by atoms with Crippen molar-refractivity contribution in [1.29, 1.82) is 0 Å². The minimum Gasteiger partial charge on any atom is -0.481 e. The van der Waals surface area contributed by atoms with Crippen LogP contribution >= 0.6 is 0 Å². The Hall–Kier alpha value is -1.59. The summed E-state index contributed by atoms with van der Waals surface area (Å²) < 4.78 is 10.3. The van der Waals surface area contributed by atoms with Crippen molar-refractivity contribution in [2.75, 3.05) is 13.2 Å². The van der Waals surface area contributed by atoms with E-state index in [9.17, 15) is 14.4 Å². The Bertz CT molecular complexity index is 427. The number of carbonyl (C=O) groups excluding carboxylic acids is 2. The van der Waals surface area contributed by atoms with Gasteiger partial charge in [0.2, 0.25) is 0 Å². The number of carboxylic acids is 1. The Morgan fingerprint density at radius 3 is 1.74 bits per heavy atom. The van der Waals surface area contributed by atoms with Gasteiger partial charge in [-0.25, -0.2) is 0 Å².